The molecule has 0 aliphatic carbocycles. The summed E-state index contributed by atoms with van der Waals surface area (Å²) in [6, 6.07) is 2.75. The minimum absolute atomic E-state index is 0.0367. The summed E-state index contributed by atoms with van der Waals surface area (Å²) in [4.78, 5) is 37.7. The molecule has 1 rings (SSSR count). The third-order valence-corrected chi connectivity index (χ3v) is 3.23. The van der Waals surface area contributed by atoms with Crippen molar-refractivity contribution < 1.29 is 28.6 Å². The van der Waals surface area contributed by atoms with Crippen LogP contribution in [0.5, 0.6) is 11.5 Å². The number of esters is 1. The van der Waals surface area contributed by atoms with Crippen LogP contribution < -0.4 is 20.1 Å². The van der Waals surface area contributed by atoms with Gasteiger partial charge in [-0.1, -0.05) is 0 Å². The quantitative estimate of drug-likeness (QED) is 0.529. The van der Waals surface area contributed by atoms with Gasteiger partial charge in [-0.25, -0.2) is 4.79 Å². The molecule has 0 heterocycles. The normalized spacial score (nSPS) is 10.2. The van der Waals surface area contributed by atoms with Gasteiger partial charge in [-0.05, 0) is 14.1 Å². The fourth-order valence-corrected chi connectivity index (χ4v) is 1.91. The second-order valence-electron chi connectivity index (χ2n) is 5.26. The van der Waals surface area contributed by atoms with Crippen LogP contribution in [-0.2, 0) is 14.3 Å². The van der Waals surface area contributed by atoms with Crippen LogP contribution in [0.1, 0.15) is 10.4 Å². The average Bonchev–Trinajstić information content (AvgIpc) is 2.59. The molecule has 0 aromatic heterocycles. The first-order valence-corrected chi connectivity index (χ1v) is 7.42. The fourth-order valence-electron chi connectivity index (χ4n) is 1.91. The highest BCUT2D eigenvalue weighted by atomic mass is 16.5. The molecule has 0 spiro atoms. The van der Waals surface area contributed by atoms with Gasteiger partial charge in [0.25, 0.3) is 0 Å². The van der Waals surface area contributed by atoms with Gasteiger partial charge in [0.05, 0.1) is 32.6 Å². The zero-order valence-electron chi connectivity index (χ0n) is 15.0. The number of amides is 2. The van der Waals surface area contributed by atoms with Crippen LogP contribution in [0.15, 0.2) is 12.1 Å². The third-order valence-electron chi connectivity index (χ3n) is 3.23. The van der Waals surface area contributed by atoms with Crippen molar-refractivity contribution in [3.05, 3.63) is 17.7 Å². The standard InChI is InChI=1S/C16H23N3O6/c1-19(2)7-6-17-14(20)15(21)18-11-9-13(24-4)12(23-3)8-10(11)16(22)25-5/h8-9H,6-7H2,1-5H3,(H,17,20)(H,18,21). The van der Waals surface area contributed by atoms with Crippen LogP contribution in [0.4, 0.5) is 5.69 Å². The monoisotopic (exact) mass is 353 g/mol. The molecule has 138 valence electrons. The van der Waals surface area contributed by atoms with E-state index >= 15 is 0 Å². The van der Waals surface area contributed by atoms with Gasteiger partial charge in [-0.2, -0.15) is 0 Å². The molecule has 0 aliphatic rings. The van der Waals surface area contributed by atoms with Gasteiger partial charge in [-0.3, -0.25) is 9.59 Å². The van der Waals surface area contributed by atoms with E-state index in [9.17, 15) is 14.4 Å². The Hall–Kier alpha value is -2.81. The Balaban J connectivity index is 3.00. The molecule has 0 fully saturated rings. The van der Waals surface area contributed by atoms with E-state index in [1.807, 2.05) is 19.0 Å². The molecule has 9 nitrogen and oxygen atoms in total. The molecule has 0 unspecified atom stereocenters. The second kappa shape index (κ2) is 9.48. The smallest absolute Gasteiger partial charge is 0.340 e. The molecule has 2 amide bonds. The first-order valence-electron chi connectivity index (χ1n) is 7.42. The maximum absolute atomic E-state index is 12.0. The van der Waals surface area contributed by atoms with Crippen molar-refractivity contribution in [2.24, 2.45) is 0 Å². The SMILES string of the molecule is COC(=O)c1cc(OC)c(OC)cc1NC(=O)C(=O)NCCN(C)C. The van der Waals surface area contributed by atoms with E-state index in [0.29, 0.717) is 18.8 Å². The van der Waals surface area contributed by atoms with Gasteiger partial charge < -0.3 is 29.7 Å². The van der Waals surface area contributed by atoms with Gasteiger partial charge in [0.15, 0.2) is 11.5 Å². The van der Waals surface area contributed by atoms with Crippen LogP contribution in [-0.4, -0.2) is 71.2 Å². The second-order valence-corrected chi connectivity index (χ2v) is 5.26. The minimum atomic E-state index is -0.906. The predicted molar refractivity (Wildman–Crippen MR) is 91.1 cm³/mol. The first-order chi connectivity index (χ1) is 11.8. The average molecular weight is 353 g/mol. The predicted octanol–water partition coefficient (Wildman–Crippen LogP) is 0.107. The van der Waals surface area contributed by atoms with Crippen LogP contribution in [0.2, 0.25) is 0 Å². The zero-order valence-corrected chi connectivity index (χ0v) is 15.0. The van der Waals surface area contributed by atoms with E-state index in [4.69, 9.17) is 14.2 Å². The summed E-state index contributed by atoms with van der Waals surface area (Å²) in [7, 11) is 7.72. The summed E-state index contributed by atoms with van der Waals surface area (Å²) in [5.41, 5.74) is 0.117. The van der Waals surface area contributed by atoms with Gasteiger partial charge in [-0.15, -0.1) is 0 Å². The molecule has 0 atom stereocenters. The van der Waals surface area contributed by atoms with Crippen molar-refractivity contribution in [3.63, 3.8) is 0 Å². The molecule has 0 aliphatic heterocycles. The molecule has 1 aromatic carbocycles. The van der Waals surface area contributed by atoms with Crippen molar-refractivity contribution in [1.29, 1.82) is 0 Å². The Labute approximate surface area is 146 Å². The van der Waals surface area contributed by atoms with E-state index in [1.165, 1.54) is 33.5 Å². The van der Waals surface area contributed by atoms with Crippen molar-refractivity contribution in [2.75, 3.05) is 53.8 Å². The van der Waals surface area contributed by atoms with Crippen molar-refractivity contribution >= 4 is 23.5 Å². The summed E-state index contributed by atoms with van der Waals surface area (Å²) in [5.74, 6) is -1.83. The number of methoxy groups -OCH3 is 3. The lowest BCUT2D eigenvalue weighted by atomic mass is 10.1. The number of nitrogens with one attached hydrogen (secondary N) is 2. The Kier molecular flexibility index (Phi) is 7.67. The number of anilines is 1. The number of carbonyl (C=O) groups excluding carboxylic acids is 3. The Morgan fingerprint density at radius 2 is 1.60 bits per heavy atom. The Bertz CT molecular complexity index is 645. The van der Waals surface area contributed by atoms with E-state index in [-0.39, 0.29) is 17.0 Å². The van der Waals surface area contributed by atoms with Crippen molar-refractivity contribution in [1.82, 2.24) is 10.2 Å². The molecule has 2 N–H and O–H groups in total. The molecule has 0 saturated heterocycles. The van der Waals surface area contributed by atoms with E-state index in [1.54, 1.807) is 0 Å². The fraction of sp³-hybridized carbons (Fsp3) is 0.438. The number of ether oxygens (including phenoxy) is 3. The van der Waals surface area contributed by atoms with E-state index < -0.39 is 17.8 Å². The topological polar surface area (TPSA) is 106 Å². The Morgan fingerprint density at radius 1 is 1.00 bits per heavy atom. The van der Waals surface area contributed by atoms with Crippen LogP contribution in [0, 0.1) is 0 Å². The Morgan fingerprint density at radius 3 is 2.12 bits per heavy atom. The molecular weight excluding hydrogens is 330 g/mol. The summed E-state index contributed by atoms with van der Waals surface area (Å²) < 4.78 is 15.0. The lowest BCUT2D eigenvalue weighted by Gasteiger charge is -2.15. The lowest BCUT2D eigenvalue weighted by molar-refractivity contribution is -0.136. The largest absolute Gasteiger partial charge is 0.493 e. The number of carbonyl (C=O) groups is 3. The number of benzene rings is 1. The van der Waals surface area contributed by atoms with Crippen molar-refractivity contribution in [2.45, 2.75) is 0 Å². The number of likely N-dealkylation sites (N-methyl/N-ethyl adjacent to an activating group) is 1. The minimum Gasteiger partial charge on any atom is -0.493 e. The van der Waals surface area contributed by atoms with Crippen LogP contribution in [0.3, 0.4) is 0 Å². The van der Waals surface area contributed by atoms with Gasteiger partial charge in [0, 0.05) is 25.2 Å². The molecular formula is C16H23N3O6. The van der Waals surface area contributed by atoms with Gasteiger partial charge in [0.2, 0.25) is 0 Å². The summed E-state index contributed by atoms with van der Waals surface area (Å²) >= 11 is 0. The number of nitrogens with zero attached hydrogens (tertiary/aromatic N) is 1. The zero-order chi connectivity index (χ0) is 19.0. The summed E-state index contributed by atoms with van der Waals surface area (Å²) in [6.07, 6.45) is 0. The number of hydrogen-bond acceptors (Lipinski definition) is 7. The lowest BCUT2D eigenvalue weighted by Crippen LogP contribution is -2.39. The molecule has 0 saturated carbocycles. The van der Waals surface area contributed by atoms with E-state index in [2.05, 4.69) is 10.6 Å². The van der Waals surface area contributed by atoms with Gasteiger partial charge in [0.1, 0.15) is 0 Å². The van der Waals surface area contributed by atoms with Crippen molar-refractivity contribution in [3.8, 4) is 11.5 Å². The molecule has 0 bridgehead atoms. The highest BCUT2D eigenvalue weighted by Crippen LogP contribution is 2.33. The highest BCUT2D eigenvalue weighted by molar-refractivity contribution is 6.40. The molecule has 25 heavy (non-hydrogen) atoms. The highest BCUT2D eigenvalue weighted by Gasteiger charge is 2.21. The van der Waals surface area contributed by atoms with Crippen LogP contribution in [0.25, 0.3) is 0 Å². The first kappa shape index (κ1) is 20.2. The molecule has 1 aromatic rings. The van der Waals surface area contributed by atoms with Gasteiger partial charge >= 0.3 is 17.8 Å². The molecule has 9 heteroatoms. The van der Waals surface area contributed by atoms with Crippen LogP contribution >= 0.6 is 0 Å². The third kappa shape index (κ3) is 5.64. The number of hydrogen-bond donors (Lipinski definition) is 2. The summed E-state index contributed by atoms with van der Waals surface area (Å²) in [6.45, 7) is 0.901. The van der Waals surface area contributed by atoms with E-state index in [0.717, 1.165) is 0 Å². The molecule has 0 radical (unpaired) electrons. The maximum atomic E-state index is 12.0. The maximum Gasteiger partial charge on any atom is 0.340 e. The summed E-state index contributed by atoms with van der Waals surface area (Å²) in [5, 5.41) is 4.87. The number of rotatable bonds is 7.